The molecular formula is C12H14Cl2FNS. The Morgan fingerprint density at radius 3 is 2.71 bits per heavy atom. The molecule has 0 spiro atoms. The van der Waals surface area contributed by atoms with Gasteiger partial charge >= 0.3 is 0 Å². The maximum atomic E-state index is 13.5. The fourth-order valence-electron chi connectivity index (χ4n) is 1.96. The number of hydrogen-bond acceptors (Lipinski definition) is 2. The molecule has 17 heavy (non-hydrogen) atoms. The standard InChI is InChI=1S/C12H14Cl2FNS/c1-12(2)6-17-5-11(16-12)7-3-10(15)9(14)4-8(7)13/h3-4,11,16H,5-6H2,1-2H3. The SMILES string of the molecule is CC1(C)CSCC(c2cc(F)c(Cl)cc2Cl)N1. The first-order valence-electron chi connectivity index (χ1n) is 5.39. The molecule has 1 nitrogen and oxygen atoms in total. The normalized spacial score (nSPS) is 23.7. The Balaban J connectivity index is 2.31. The van der Waals surface area contributed by atoms with E-state index in [0.29, 0.717) is 5.02 Å². The third-order valence-corrected chi connectivity index (χ3v) is 4.84. The fraction of sp³-hybridized carbons (Fsp3) is 0.500. The van der Waals surface area contributed by atoms with Crippen molar-refractivity contribution in [2.24, 2.45) is 0 Å². The van der Waals surface area contributed by atoms with Gasteiger partial charge in [0.15, 0.2) is 0 Å². The molecule has 1 heterocycles. The van der Waals surface area contributed by atoms with Gasteiger partial charge in [0, 0.05) is 28.1 Å². The van der Waals surface area contributed by atoms with E-state index < -0.39 is 5.82 Å². The van der Waals surface area contributed by atoms with Gasteiger partial charge in [0.2, 0.25) is 0 Å². The molecule has 0 aliphatic carbocycles. The van der Waals surface area contributed by atoms with E-state index in [1.807, 2.05) is 11.8 Å². The number of hydrogen-bond donors (Lipinski definition) is 1. The molecule has 1 N–H and O–H groups in total. The van der Waals surface area contributed by atoms with Gasteiger partial charge < -0.3 is 5.32 Å². The average Bonchev–Trinajstić information content (AvgIpc) is 2.22. The monoisotopic (exact) mass is 293 g/mol. The van der Waals surface area contributed by atoms with E-state index in [2.05, 4.69) is 19.2 Å². The molecule has 0 saturated carbocycles. The minimum Gasteiger partial charge on any atom is -0.303 e. The number of thioether (sulfide) groups is 1. The molecule has 0 bridgehead atoms. The number of benzene rings is 1. The van der Waals surface area contributed by atoms with Crippen molar-refractivity contribution >= 4 is 35.0 Å². The molecule has 1 saturated heterocycles. The lowest BCUT2D eigenvalue weighted by molar-refractivity contribution is 0.375. The van der Waals surface area contributed by atoms with Crippen LogP contribution in [0.2, 0.25) is 10.0 Å². The van der Waals surface area contributed by atoms with E-state index in [0.717, 1.165) is 17.1 Å². The molecule has 1 fully saturated rings. The Labute approximate surface area is 115 Å². The van der Waals surface area contributed by atoms with Crippen LogP contribution in [0.25, 0.3) is 0 Å². The lowest BCUT2D eigenvalue weighted by Gasteiger charge is -2.37. The molecule has 1 atom stereocenters. The summed E-state index contributed by atoms with van der Waals surface area (Å²) < 4.78 is 13.5. The summed E-state index contributed by atoms with van der Waals surface area (Å²) in [4.78, 5) is 0. The van der Waals surface area contributed by atoms with Crippen LogP contribution in [0.5, 0.6) is 0 Å². The van der Waals surface area contributed by atoms with Gasteiger partial charge in [0.1, 0.15) is 5.82 Å². The van der Waals surface area contributed by atoms with Crippen molar-refractivity contribution in [3.8, 4) is 0 Å². The van der Waals surface area contributed by atoms with E-state index in [1.165, 1.54) is 12.1 Å². The van der Waals surface area contributed by atoms with Crippen molar-refractivity contribution in [1.29, 1.82) is 0 Å². The van der Waals surface area contributed by atoms with Crippen LogP contribution in [0.1, 0.15) is 25.5 Å². The molecule has 1 aromatic carbocycles. The molecule has 1 aliphatic heterocycles. The Bertz CT molecular complexity index is 437. The quantitative estimate of drug-likeness (QED) is 0.775. The van der Waals surface area contributed by atoms with Crippen LogP contribution < -0.4 is 5.32 Å². The summed E-state index contributed by atoms with van der Waals surface area (Å²) in [5.41, 5.74) is 0.821. The Kier molecular flexibility index (Phi) is 3.93. The first-order valence-corrected chi connectivity index (χ1v) is 7.30. The smallest absolute Gasteiger partial charge is 0.142 e. The third-order valence-electron chi connectivity index (χ3n) is 2.73. The van der Waals surface area contributed by atoms with Crippen molar-refractivity contribution in [3.05, 3.63) is 33.6 Å². The molecule has 0 amide bonds. The maximum Gasteiger partial charge on any atom is 0.142 e. The predicted molar refractivity (Wildman–Crippen MR) is 73.7 cm³/mol. The molecule has 5 heteroatoms. The van der Waals surface area contributed by atoms with E-state index in [1.54, 1.807) is 0 Å². The zero-order valence-electron chi connectivity index (χ0n) is 9.69. The van der Waals surface area contributed by atoms with E-state index in [4.69, 9.17) is 23.2 Å². The Morgan fingerprint density at radius 1 is 1.35 bits per heavy atom. The van der Waals surface area contributed by atoms with Crippen LogP contribution in [-0.2, 0) is 0 Å². The van der Waals surface area contributed by atoms with Crippen molar-refractivity contribution < 1.29 is 4.39 Å². The highest BCUT2D eigenvalue weighted by atomic mass is 35.5. The van der Waals surface area contributed by atoms with Crippen LogP contribution in [-0.4, -0.2) is 17.0 Å². The van der Waals surface area contributed by atoms with Crippen molar-refractivity contribution in [2.45, 2.75) is 25.4 Å². The molecule has 2 rings (SSSR count). The highest BCUT2D eigenvalue weighted by molar-refractivity contribution is 7.99. The van der Waals surface area contributed by atoms with Gasteiger partial charge in [0.25, 0.3) is 0 Å². The van der Waals surface area contributed by atoms with E-state index >= 15 is 0 Å². The first kappa shape index (κ1) is 13.5. The summed E-state index contributed by atoms with van der Waals surface area (Å²) in [6.45, 7) is 4.26. The number of nitrogens with one attached hydrogen (secondary N) is 1. The lowest BCUT2D eigenvalue weighted by Crippen LogP contribution is -2.48. The Morgan fingerprint density at radius 2 is 2.06 bits per heavy atom. The maximum absolute atomic E-state index is 13.5. The van der Waals surface area contributed by atoms with Crippen molar-refractivity contribution in [2.75, 3.05) is 11.5 Å². The van der Waals surface area contributed by atoms with Crippen LogP contribution in [0.4, 0.5) is 4.39 Å². The first-order chi connectivity index (χ1) is 7.89. The third kappa shape index (κ3) is 3.08. The predicted octanol–water partition coefficient (Wildman–Crippen LogP) is 4.29. The summed E-state index contributed by atoms with van der Waals surface area (Å²) in [7, 11) is 0. The molecule has 1 aliphatic rings. The second-order valence-electron chi connectivity index (χ2n) is 4.88. The summed E-state index contributed by atoms with van der Waals surface area (Å²) in [5.74, 6) is 1.52. The topological polar surface area (TPSA) is 12.0 Å². The minimum atomic E-state index is -0.416. The van der Waals surface area contributed by atoms with Crippen LogP contribution in [0.3, 0.4) is 0 Å². The second kappa shape index (κ2) is 4.96. The van der Waals surface area contributed by atoms with Crippen LogP contribution >= 0.6 is 35.0 Å². The van der Waals surface area contributed by atoms with Gasteiger partial charge in [-0.25, -0.2) is 4.39 Å². The van der Waals surface area contributed by atoms with Gasteiger partial charge in [-0.3, -0.25) is 0 Å². The summed E-state index contributed by atoms with van der Waals surface area (Å²) in [6, 6.07) is 2.98. The van der Waals surface area contributed by atoms with E-state index in [9.17, 15) is 4.39 Å². The molecule has 0 radical (unpaired) electrons. The Hall–Kier alpha value is 0.0400. The fourth-order valence-corrected chi connectivity index (χ4v) is 3.68. The second-order valence-corrected chi connectivity index (χ2v) is 6.73. The summed E-state index contributed by atoms with van der Waals surface area (Å²) >= 11 is 13.7. The average molecular weight is 294 g/mol. The van der Waals surface area contributed by atoms with Gasteiger partial charge in [-0.2, -0.15) is 11.8 Å². The lowest BCUT2D eigenvalue weighted by atomic mass is 10.0. The highest BCUT2D eigenvalue weighted by Gasteiger charge is 2.29. The number of rotatable bonds is 1. The van der Waals surface area contributed by atoms with Gasteiger partial charge in [-0.15, -0.1) is 0 Å². The van der Waals surface area contributed by atoms with Gasteiger partial charge in [-0.1, -0.05) is 23.2 Å². The molecule has 0 aromatic heterocycles. The summed E-state index contributed by atoms with van der Waals surface area (Å²) in [6.07, 6.45) is 0. The van der Waals surface area contributed by atoms with E-state index in [-0.39, 0.29) is 16.6 Å². The van der Waals surface area contributed by atoms with Crippen molar-refractivity contribution in [1.82, 2.24) is 5.32 Å². The molecule has 1 unspecified atom stereocenters. The summed E-state index contributed by atoms with van der Waals surface area (Å²) in [5, 5.41) is 4.07. The highest BCUT2D eigenvalue weighted by Crippen LogP contribution is 2.34. The zero-order chi connectivity index (χ0) is 12.6. The zero-order valence-corrected chi connectivity index (χ0v) is 12.0. The van der Waals surface area contributed by atoms with Gasteiger partial charge in [0.05, 0.1) is 5.02 Å². The van der Waals surface area contributed by atoms with Crippen LogP contribution in [0, 0.1) is 5.82 Å². The van der Waals surface area contributed by atoms with Crippen LogP contribution in [0.15, 0.2) is 12.1 Å². The largest absolute Gasteiger partial charge is 0.303 e. The molecule has 94 valence electrons. The number of halogens is 3. The van der Waals surface area contributed by atoms with Gasteiger partial charge in [-0.05, 0) is 31.5 Å². The minimum absolute atomic E-state index is 0.0347. The molecular weight excluding hydrogens is 280 g/mol. The van der Waals surface area contributed by atoms with Crippen molar-refractivity contribution in [3.63, 3.8) is 0 Å². The molecule has 1 aromatic rings.